The highest BCUT2D eigenvalue weighted by molar-refractivity contribution is 7.11. The van der Waals surface area contributed by atoms with Crippen LogP contribution >= 0.6 is 11.3 Å². The first-order chi connectivity index (χ1) is 12.1. The number of carboxylic acids is 1. The molecule has 0 unspecified atom stereocenters. The van der Waals surface area contributed by atoms with E-state index in [2.05, 4.69) is 4.90 Å². The Bertz CT molecular complexity index is 775. The van der Waals surface area contributed by atoms with Gasteiger partial charge in [-0.3, -0.25) is 4.90 Å². The molecule has 1 aromatic carbocycles. The van der Waals surface area contributed by atoms with Crippen molar-refractivity contribution in [1.29, 1.82) is 0 Å². The molecule has 1 aromatic heterocycles. The number of halogens is 1. The molecule has 2 aromatic rings. The van der Waals surface area contributed by atoms with Crippen molar-refractivity contribution in [2.24, 2.45) is 0 Å². The molecular formula is C19H21FN2O2S. The van der Waals surface area contributed by atoms with Crippen LogP contribution in [0.4, 0.5) is 4.39 Å². The summed E-state index contributed by atoms with van der Waals surface area (Å²) in [5.74, 6) is -1.34. The van der Waals surface area contributed by atoms with Crippen LogP contribution in [-0.4, -0.2) is 34.0 Å². The Balaban J connectivity index is 1.37. The molecule has 1 N–H and O–H groups in total. The molecule has 1 aliphatic heterocycles. The smallest absolute Gasteiger partial charge is 0.338 e. The number of likely N-dealkylation sites (tertiary alicyclic amines) is 1. The largest absolute Gasteiger partial charge is 0.478 e. The van der Waals surface area contributed by atoms with Crippen molar-refractivity contribution in [2.75, 3.05) is 13.1 Å². The van der Waals surface area contributed by atoms with E-state index in [4.69, 9.17) is 10.1 Å². The summed E-state index contributed by atoms with van der Waals surface area (Å²) in [5.41, 5.74) is 1.94. The van der Waals surface area contributed by atoms with Crippen molar-refractivity contribution < 1.29 is 14.3 Å². The van der Waals surface area contributed by atoms with E-state index in [1.165, 1.54) is 40.6 Å². The van der Waals surface area contributed by atoms with E-state index in [0.29, 0.717) is 12.5 Å². The monoisotopic (exact) mass is 360 g/mol. The first kappa shape index (κ1) is 16.7. The fourth-order valence-corrected chi connectivity index (χ4v) is 5.14. The third-order valence-corrected chi connectivity index (χ3v) is 6.54. The lowest BCUT2D eigenvalue weighted by Gasteiger charge is -2.31. The zero-order chi connectivity index (χ0) is 17.4. The van der Waals surface area contributed by atoms with Crippen LogP contribution in [-0.2, 0) is 19.4 Å². The Morgan fingerprint density at radius 1 is 1.32 bits per heavy atom. The molecule has 2 heterocycles. The zero-order valence-electron chi connectivity index (χ0n) is 14.0. The number of rotatable bonds is 4. The Morgan fingerprint density at radius 3 is 2.84 bits per heavy atom. The van der Waals surface area contributed by atoms with Gasteiger partial charge in [-0.15, -0.1) is 11.3 Å². The molecule has 6 heteroatoms. The number of benzene rings is 1. The number of fused-ring (bicyclic) bond motifs is 1. The van der Waals surface area contributed by atoms with Crippen LogP contribution in [0.3, 0.4) is 0 Å². The molecular weight excluding hydrogens is 339 g/mol. The van der Waals surface area contributed by atoms with Gasteiger partial charge < -0.3 is 5.11 Å². The average Bonchev–Trinajstić information content (AvgIpc) is 3.19. The summed E-state index contributed by atoms with van der Waals surface area (Å²) in [7, 11) is 0. The van der Waals surface area contributed by atoms with Crippen LogP contribution in [0.25, 0.3) is 0 Å². The number of thiazole rings is 1. The van der Waals surface area contributed by atoms with Gasteiger partial charge in [-0.05, 0) is 62.9 Å². The summed E-state index contributed by atoms with van der Waals surface area (Å²) in [6, 6.07) is 4.39. The summed E-state index contributed by atoms with van der Waals surface area (Å²) in [4.78, 5) is 19.7. The van der Waals surface area contributed by atoms with Crippen molar-refractivity contribution in [3.05, 3.63) is 50.7 Å². The van der Waals surface area contributed by atoms with Crippen molar-refractivity contribution in [3.8, 4) is 0 Å². The van der Waals surface area contributed by atoms with Gasteiger partial charge in [0.25, 0.3) is 0 Å². The van der Waals surface area contributed by atoms with Crippen molar-refractivity contribution in [1.82, 2.24) is 9.88 Å². The van der Waals surface area contributed by atoms with Gasteiger partial charge >= 0.3 is 5.97 Å². The molecule has 0 atom stereocenters. The molecule has 0 bridgehead atoms. The maximum atomic E-state index is 13.5. The van der Waals surface area contributed by atoms with E-state index in [1.54, 1.807) is 6.07 Å². The van der Waals surface area contributed by atoms with Crippen molar-refractivity contribution in [2.45, 2.75) is 44.6 Å². The number of piperidine rings is 1. The molecule has 132 valence electrons. The van der Waals surface area contributed by atoms with E-state index in [-0.39, 0.29) is 5.56 Å². The van der Waals surface area contributed by atoms with Gasteiger partial charge in [-0.2, -0.15) is 0 Å². The Hall–Kier alpha value is -1.79. The van der Waals surface area contributed by atoms with Crippen molar-refractivity contribution in [3.63, 3.8) is 0 Å². The first-order valence-electron chi connectivity index (χ1n) is 8.82. The zero-order valence-corrected chi connectivity index (χ0v) is 14.8. The van der Waals surface area contributed by atoms with E-state index in [9.17, 15) is 9.18 Å². The Kier molecular flexibility index (Phi) is 4.56. The lowest BCUT2D eigenvalue weighted by molar-refractivity contribution is 0.0691. The van der Waals surface area contributed by atoms with Gasteiger partial charge in [0.1, 0.15) is 5.82 Å². The standard InChI is InChI=1S/C19H21FN2O2S/c20-15-5-4-12(10-14(15)19(23)24)11-22-8-6-13(7-9-22)18-21-16-2-1-3-17(16)25-18/h4-5,10,13H,1-3,6-9,11H2,(H,23,24). The highest BCUT2D eigenvalue weighted by atomic mass is 32.1. The summed E-state index contributed by atoms with van der Waals surface area (Å²) < 4.78 is 13.5. The Morgan fingerprint density at radius 2 is 2.12 bits per heavy atom. The lowest BCUT2D eigenvalue weighted by atomic mass is 9.97. The molecule has 0 spiro atoms. The summed E-state index contributed by atoms with van der Waals surface area (Å²) in [6.07, 6.45) is 5.76. The second-order valence-corrected chi connectivity index (χ2v) is 8.06. The highest BCUT2D eigenvalue weighted by Gasteiger charge is 2.26. The number of carbonyl (C=O) groups is 1. The van der Waals surface area contributed by atoms with E-state index in [1.807, 2.05) is 11.3 Å². The van der Waals surface area contributed by atoms with E-state index >= 15 is 0 Å². The molecule has 1 saturated heterocycles. The minimum absolute atomic E-state index is 0.246. The summed E-state index contributed by atoms with van der Waals surface area (Å²) in [6.45, 7) is 2.60. The van der Waals surface area contributed by atoms with Crippen LogP contribution < -0.4 is 0 Å². The van der Waals surface area contributed by atoms with E-state index in [0.717, 1.165) is 37.9 Å². The Labute approximate surface area is 150 Å². The summed E-state index contributed by atoms with van der Waals surface area (Å²) >= 11 is 1.90. The first-order valence-corrected chi connectivity index (χ1v) is 9.64. The van der Waals surface area contributed by atoms with Crippen LogP contribution in [0.15, 0.2) is 18.2 Å². The number of aryl methyl sites for hydroxylation is 2. The molecule has 4 nitrogen and oxygen atoms in total. The average molecular weight is 360 g/mol. The molecule has 4 rings (SSSR count). The summed E-state index contributed by atoms with van der Waals surface area (Å²) in [5, 5.41) is 10.4. The number of aromatic nitrogens is 1. The number of hydrogen-bond acceptors (Lipinski definition) is 4. The molecule has 0 radical (unpaired) electrons. The third kappa shape index (κ3) is 3.46. The number of hydrogen-bond donors (Lipinski definition) is 1. The predicted octanol–water partition coefficient (Wildman–Crippen LogP) is 3.85. The SMILES string of the molecule is O=C(O)c1cc(CN2CCC(c3nc4c(s3)CCC4)CC2)ccc1F. The van der Waals surface area contributed by atoms with Gasteiger partial charge in [-0.25, -0.2) is 14.2 Å². The van der Waals surface area contributed by atoms with Crippen LogP contribution in [0.2, 0.25) is 0 Å². The molecule has 1 aliphatic carbocycles. The third-order valence-electron chi connectivity index (χ3n) is 5.22. The maximum absolute atomic E-state index is 13.5. The van der Waals surface area contributed by atoms with Crippen molar-refractivity contribution >= 4 is 17.3 Å². The normalized spacial score (nSPS) is 18.4. The number of aromatic carboxylic acids is 1. The maximum Gasteiger partial charge on any atom is 0.338 e. The van der Waals surface area contributed by atoms with Crippen LogP contribution in [0.1, 0.15) is 56.7 Å². The van der Waals surface area contributed by atoms with Gasteiger partial charge in [0, 0.05) is 17.3 Å². The molecule has 1 fully saturated rings. The topological polar surface area (TPSA) is 53.4 Å². The lowest BCUT2D eigenvalue weighted by Crippen LogP contribution is -2.32. The van der Waals surface area contributed by atoms with Crippen LogP contribution in [0.5, 0.6) is 0 Å². The molecule has 0 saturated carbocycles. The highest BCUT2D eigenvalue weighted by Crippen LogP contribution is 2.36. The van der Waals surface area contributed by atoms with Gasteiger partial charge in [0.05, 0.1) is 16.3 Å². The molecule has 0 amide bonds. The fraction of sp³-hybridized carbons (Fsp3) is 0.474. The second kappa shape index (κ2) is 6.84. The predicted molar refractivity (Wildman–Crippen MR) is 94.8 cm³/mol. The quantitative estimate of drug-likeness (QED) is 0.900. The number of nitrogens with zero attached hydrogens (tertiary/aromatic N) is 2. The minimum atomic E-state index is -1.21. The number of carboxylic acid groups (broad SMARTS) is 1. The fourth-order valence-electron chi connectivity index (χ4n) is 3.82. The minimum Gasteiger partial charge on any atom is -0.478 e. The van der Waals surface area contributed by atoms with Gasteiger partial charge in [0.15, 0.2) is 0 Å². The molecule has 2 aliphatic rings. The van der Waals surface area contributed by atoms with Gasteiger partial charge in [-0.1, -0.05) is 6.07 Å². The second-order valence-electron chi connectivity index (χ2n) is 6.95. The molecule has 25 heavy (non-hydrogen) atoms. The van der Waals surface area contributed by atoms with Gasteiger partial charge in [0.2, 0.25) is 0 Å². The van der Waals surface area contributed by atoms with Crippen LogP contribution in [0, 0.1) is 5.82 Å². The van der Waals surface area contributed by atoms with E-state index < -0.39 is 11.8 Å².